The Labute approximate surface area is 72.7 Å². The maximum atomic E-state index is 11.5. The highest BCUT2D eigenvalue weighted by molar-refractivity contribution is 7.54. The lowest BCUT2D eigenvalue weighted by molar-refractivity contribution is 0.166. The maximum Gasteiger partial charge on any atom is 0.334 e. The van der Waals surface area contributed by atoms with Crippen LogP contribution in [-0.4, -0.2) is 31.1 Å². The van der Waals surface area contributed by atoms with E-state index in [9.17, 15) is 4.57 Å². The molecule has 0 saturated carbocycles. The van der Waals surface area contributed by atoms with E-state index in [-0.39, 0.29) is 19.4 Å². The van der Waals surface area contributed by atoms with E-state index in [1.54, 1.807) is 6.92 Å². The van der Waals surface area contributed by atoms with E-state index < -0.39 is 7.60 Å². The van der Waals surface area contributed by atoms with Crippen LogP contribution in [0.15, 0.2) is 12.7 Å². The zero-order chi connectivity index (χ0) is 9.45. The third-order valence-corrected chi connectivity index (χ3v) is 2.99. The van der Waals surface area contributed by atoms with E-state index in [0.717, 1.165) is 0 Å². The van der Waals surface area contributed by atoms with E-state index in [1.807, 2.05) is 0 Å². The lowest BCUT2D eigenvalue weighted by Crippen LogP contribution is -2.02. The smallest absolute Gasteiger partial charge is 0.334 e. The van der Waals surface area contributed by atoms with Crippen LogP contribution in [0.1, 0.15) is 6.92 Å². The maximum absolute atomic E-state index is 11.5. The van der Waals surface area contributed by atoms with Crippen LogP contribution in [0, 0.1) is 0 Å². The third-order valence-electron chi connectivity index (χ3n) is 1.06. The van der Waals surface area contributed by atoms with Gasteiger partial charge in [0.1, 0.15) is 0 Å². The fraction of sp³-hybridized carbons (Fsp3) is 0.714. The Morgan fingerprint density at radius 2 is 2.25 bits per heavy atom. The van der Waals surface area contributed by atoms with Crippen molar-refractivity contribution < 1.29 is 18.7 Å². The van der Waals surface area contributed by atoms with Crippen molar-refractivity contribution in [3.8, 4) is 0 Å². The molecule has 0 aromatic rings. The molecule has 0 fully saturated rings. The fourth-order valence-electron chi connectivity index (χ4n) is 0.677. The molecule has 1 unspecified atom stereocenters. The summed E-state index contributed by atoms with van der Waals surface area (Å²) in [6.07, 6.45) is 1.66. The van der Waals surface area contributed by atoms with Gasteiger partial charge in [0.2, 0.25) is 0 Å². The van der Waals surface area contributed by atoms with Crippen molar-refractivity contribution in [3.05, 3.63) is 12.7 Å². The molecule has 0 aromatic carbocycles. The second-order valence-corrected chi connectivity index (χ2v) is 4.16. The minimum atomic E-state index is -3.01. The van der Waals surface area contributed by atoms with Crippen molar-refractivity contribution in [1.82, 2.24) is 0 Å². The molecule has 0 rings (SSSR count). The molecule has 0 bridgehead atoms. The van der Waals surface area contributed by atoms with Crippen molar-refractivity contribution in [2.75, 3.05) is 26.0 Å². The van der Waals surface area contributed by atoms with Crippen LogP contribution in [0.25, 0.3) is 0 Å². The van der Waals surface area contributed by atoms with Gasteiger partial charge in [0.15, 0.2) is 0 Å². The molecule has 1 N–H and O–H groups in total. The van der Waals surface area contributed by atoms with Crippen molar-refractivity contribution in [3.63, 3.8) is 0 Å². The first-order chi connectivity index (χ1) is 5.68. The van der Waals surface area contributed by atoms with Gasteiger partial charge in [-0.05, 0) is 6.92 Å². The Bertz CT molecular complexity index is 169. The first kappa shape index (κ1) is 11.8. The third kappa shape index (κ3) is 4.67. The molecule has 0 saturated heterocycles. The molecule has 12 heavy (non-hydrogen) atoms. The molecule has 0 spiro atoms. The molecule has 0 radical (unpaired) electrons. The Kier molecular flexibility index (Phi) is 6.30. The number of hydrogen-bond donors (Lipinski definition) is 1. The van der Waals surface area contributed by atoms with E-state index in [0.29, 0.717) is 6.61 Å². The van der Waals surface area contributed by atoms with Crippen LogP contribution in [-0.2, 0) is 13.6 Å². The Hall–Kier alpha value is -0.150. The van der Waals surface area contributed by atoms with Gasteiger partial charge in [-0.2, -0.15) is 0 Å². The number of allylic oxidation sites excluding steroid dienone is 1. The van der Waals surface area contributed by atoms with Gasteiger partial charge in [-0.25, -0.2) is 0 Å². The normalized spacial score (nSPS) is 15.5. The zero-order valence-electron chi connectivity index (χ0n) is 7.23. The highest BCUT2D eigenvalue weighted by Gasteiger charge is 2.21. The van der Waals surface area contributed by atoms with Gasteiger partial charge in [0.05, 0.1) is 26.0 Å². The summed E-state index contributed by atoms with van der Waals surface area (Å²) in [5.74, 6) is 0. The molecule has 0 heterocycles. The van der Waals surface area contributed by atoms with Crippen LogP contribution in [0.5, 0.6) is 0 Å². The molecular formula is C7H15O4P. The van der Waals surface area contributed by atoms with Gasteiger partial charge in [-0.1, -0.05) is 6.08 Å². The van der Waals surface area contributed by atoms with Gasteiger partial charge in [0.25, 0.3) is 0 Å². The molecule has 5 heteroatoms. The fourth-order valence-corrected chi connectivity index (χ4v) is 2.03. The Morgan fingerprint density at radius 1 is 1.58 bits per heavy atom. The van der Waals surface area contributed by atoms with Crippen molar-refractivity contribution in [2.45, 2.75) is 6.92 Å². The zero-order valence-corrected chi connectivity index (χ0v) is 8.13. The largest absolute Gasteiger partial charge is 0.394 e. The van der Waals surface area contributed by atoms with Crippen molar-refractivity contribution in [1.29, 1.82) is 0 Å². The monoisotopic (exact) mass is 194 g/mol. The summed E-state index contributed by atoms with van der Waals surface area (Å²) >= 11 is 0. The summed E-state index contributed by atoms with van der Waals surface area (Å²) in [5, 5.41) is 8.44. The average molecular weight is 194 g/mol. The summed E-state index contributed by atoms with van der Waals surface area (Å²) in [7, 11) is -3.01. The predicted octanol–water partition coefficient (Wildman–Crippen LogP) is 1.41. The number of hydrogen-bond acceptors (Lipinski definition) is 4. The van der Waals surface area contributed by atoms with Crippen LogP contribution < -0.4 is 0 Å². The van der Waals surface area contributed by atoms with Crippen LogP contribution in [0.3, 0.4) is 0 Å². The first-order valence-electron chi connectivity index (χ1n) is 3.78. The molecule has 0 aromatic heterocycles. The summed E-state index contributed by atoms with van der Waals surface area (Å²) in [6, 6.07) is 0. The molecular weight excluding hydrogens is 179 g/mol. The van der Waals surface area contributed by atoms with E-state index >= 15 is 0 Å². The lowest BCUT2D eigenvalue weighted by Gasteiger charge is -2.14. The highest BCUT2D eigenvalue weighted by atomic mass is 31.2. The predicted molar refractivity (Wildman–Crippen MR) is 47.3 cm³/mol. The first-order valence-corrected chi connectivity index (χ1v) is 5.51. The van der Waals surface area contributed by atoms with Gasteiger partial charge in [-0.3, -0.25) is 4.57 Å². The summed E-state index contributed by atoms with van der Waals surface area (Å²) in [5.41, 5.74) is 0. The van der Waals surface area contributed by atoms with E-state index in [1.165, 1.54) is 6.08 Å². The lowest BCUT2D eigenvalue weighted by atomic mass is 10.8. The Morgan fingerprint density at radius 3 is 2.67 bits per heavy atom. The van der Waals surface area contributed by atoms with Crippen molar-refractivity contribution in [2.24, 2.45) is 0 Å². The number of rotatable bonds is 7. The van der Waals surface area contributed by atoms with Crippen LogP contribution >= 0.6 is 7.60 Å². The molecule has 1 atom stereocenters. The van der Waals surface area contributed by atoms with Crippen LogP contribution in [0.2, 0.25) is 0 Å². The molecule has 0 aliphatic rings. The number of aliphatic hydroxyl groups is 1. The van der Waals surface area contributed by atoms with Gasteiger partial charge in [-0.15, -0.1) is 6.58 Å². The second-order valence-electron chi connectivity index (χ2n) is 2.06. The van der Waals surface area contributed by atoms with Gasteiger partial charge >= 0.3 is 7.60 Å². The van der Waals surface area contributed by atoms with E-state index in [4.69, 9.17) is 14.2 Å². The topological polar surface area (TPSA) is 55.8 Å². The molecule has 0 amide bonds. The minimum absolute atomic E-state index is 0.0329. The minimum Gasteiger partial charge on any atom is -0.394 e. The summed E-state index contributed by atoms with van der Waals surface area (Å²) in [6.45, 7) is 5.38. The summed E-state index contributed by atoms with van der Waals surface area (Å²) in [4.78, 5) is 0. The molecule has 4 nitrogen and oxygen atoms in total. The Balaban J connectivity index is 3.98. The second kappa shape index (κ2) is 6.38. The van der Waals surface area contributed by atoms with E-state index in [2.05, 4.69) is 6.58 Å². The molecule has 72 valence electrons. The van der Waals surface area contributed by atoms with Crippen molar-refractivity contribution >= 4 is 7.60 Å². The van der Waals surface area contributed by atoms with Gasteiger partial charge < -0.3 is 14.2 Å². The standard InChI is InChI=1S/C7H15O4P/c1-3-7-12(9,10-4-2)11-6-5-8/h3,8H,1,4-7H2,2H3. The molecule has 0 aliphatic carbocycles. The van der Waals surface area contributed by atoms with Gasteiger partial charge in [0, 0.05) is 0 Å². The summed E-state index contributed by atoms with van der Waals surface area (Å²) < 4.78 is 21.3. The average Bonchev–Trinajstić information content (AvgIpc) is 2.02. The van der Waals surface area contributed by atoms with Crippen LogP contribution in [0.4, 0.5) is 0 Å². The molecule has 0 aliphatic heterocycles. The quantitative estimate of drug-likeness (QED) is 0.491. The number of aliphatic hydroxyl groups excluding tert-OH is 1. The SMILES string of the molecule is C=CCP(=O)(OCC)OCCO. The highest BCUT2D eigenvalue weighted by Crippen LogP contribution is 2.47.